The molecule has 1 aliphatic heterocycles. The summed E-state index contributed by atoms with van der Waals surface area (Å²) in [5.74, 6) is 1.86. The lowest BCUT2D eigenvalue weighted by Gasteiger charge is -2.38. The Labute approximate surface area is 159 Å². The van der Waals surface area contributed by atoms with E-state index in [1.165, 1.54) is 6.08 Å². The third kappa shape index (κ3) is 4.52. The molecule has 0 aliphatic carbocycles. The van der Waals surface area contributed by atoms with Crippen LogP contribution < -0.4 is 14.8 Å². The van der Waals surface area contributed by atoms with Crippen LogP contribution in [0.5, 0.6) is 11.5 Å². The number of methoxy groups -OCH3 is 2. The number of amides is 1. The summed E-state index contributed by atoms with van der Waals surface area (Å²) in [4.78, 5) is 12.3. The number of carbonyl (C=O) groups is 1. The van der Waals surface area contributed by atoms with Gasteiger partial charge in [0, 0.05) is 31.2 Å². The summed E-state index contributed by atoms with van der Waals surface area (Å²) in [6.45, 7) is 1.84. The summed E-state index contributed by atoms with van der Waals surface area (Å²) in [6.07, 6.45) is 6.36. The van der Waals surface area contributed by atoms with E-state index >= 15 is 0 Å². The maximum atomic E-state index is 12.3. The largest absolute Gasteiger partial charge is 0.493 e. The van der Waals surface area contributed by atoms with Crippen LogP contribution in [0.15, 0.2) is 47.1 Å². The molecule has 0 atom stereocenters. The van der Waals surface area contributed by atoms with Gasteiger partial charge < -0.3 is 23.9 Å². The third-order valence-corrected chi connectivity index (χ3v) is 4.99. The van der Waals surface area contributed by atoms with E-state index in [2.05, 4.69) is 5.32 Å². The van der Waals surface area contributed by atoms with Crippen molar-refractivity contribution in [3.63, 3.8) is 0 Å². The third-order valence-electron chi connectivity index (χ3n) is 4.99. The van der Waals surface area contributed by atoms with Crippen molar-refractivity contribution in [2.45, 2.75) is 18.3 Å². The molecule has 0 radical (unpaired) electrons. The molecule has 1 aliphatic rings. The summed E-state index contributed by atoms with van der Waals surface area (Å²) in [5, 5.41) is 3.03. The molecule has 3 rings (SSSR count). The highest BCUT2D eigenvalue weighted by atomic mass is 16.5. The molecule has 0 spiro atoms. The smallest absolute Gasteiger partial charge is 0.244 e. The van der Waals surface area contributed by atoms with E-state index in [0.29, 0.717) is 37.0 Å². The second-order valence-electron chi connectivity index (χ2n) is 6.53. The van der Waals surface area contributed by atoms with Crippen LogP contribution in [-0.2, 0) is 14.9 Å². The van der Waals surface area contributed by atoms with Crippen molar-refractivity contribution in [1.29, 1.82) is 0 Å². The Morgan fingerprint density at radius 3 is 2.63 bits per heavy atom. The molecule has 6 heteroatoms. The molecule has 0 bridgehead atoms. The van der Waals surface area contributed by atoms with Crippen LogP contribution in [0.3, 0.4) is 0 Å². The number of hydrogen-bond acceptors (Lipinski definition) is 5. The Morgan fingerprint density at radius 1 is 1.19 bits per heavy atom. The zero-order valence-corrected chi connectivity index (χ0v) is 15.7. The van der Waals surface area contributed by atoms with Gasteiger partial charge in [-0.1, -0.05) is 6.07 Å². The van der Waals surface area contributed by atoms with E-state index in [1.54, 1.807) is 38.7 Å². The summed E-state index contributed by atoms with van der Waals surface area (Å²) in [5.41, 5.74) is 0.908. The number of benzene rings is 1. The Bertz CT molecular complexity index is 776. The van der Waals surface area contributed by atoms with Gasteiger partial charge in [-0.05, 0) is 48.7 Å². The average Bonchev–Trinajstić information content (AvgIpc) is 3.24. The van der Waals surface area contributed by atoms with Crippen molar-refractivity contribution in [1.82, 2.24) is 5.32 Å². The van der Waals surface area contributed by atoms with Crippen LogP contribution in [0.4, 0.5) is 0 Å². The predicted molar refractivity (Wildman–Crippen MR) is 102 cm³/mol. The summed E-state index contributed by atoms with van der Waals surface area (Å²) < 4.78 is 21.6. The predicted octanol–water partition coefficient (Wildman–Crippen LogP) is 3.17. The minimum atomic E-state index is -0.202. The van der Waals surface area contributed by atoms with Gasteiger partial charge in [-0.3, -0.25) is 4.79 Å². The zero-order valence-electron chi connectivity index (χ0n) is 15.7. The first-order valence-electron chi connectivity index (χ1n) is 8.96. The molecule has 1 fully saturated rings. The number of ether oxygens (including phenoxy) is 3. The second kappa shape index (κ2) is 8.77. The molecule has 0 saturated carbocycles. The van der Waals surface area contributed by atoms with Crippen molar-refractivity contribution < 1.29 is 23.4 Å². The molecule has 0 unspecified atom stereocenters. The molecule has 1 aromatic carbocycles. The van der Waals surface area contributed by atoms with Gasteiger partial charge in [0.1, 0.15) is 5.76 Å². The van der Waals surface area contributed by atoms with Crippen LogP contribution in [-0.4, -0.2) is 39.9 Å². The van der Waals surface area contributed by atoms with E-state index in [9.17, 15) is 4.79 Å². The topological polar surface area (TPSA) is 69.9 Å². The van der Waals surface area contributed by atoms with E-state index in [0.717, 1.165) is 18.4 Å². The highest BCUT2D eigenvalue weighted by Crippen LogP contribution is 2.38. The van der Waals surface area contributed by atoms with Gasteiger partial charge in [-0.15, -0.1) is 0 Å². The minimum absolute atomic E-state index is 0.155. The van der Waals surface area contributed by atoms with E-state index < -0.39 is 0 Å². The van der Waals surface area contributed by atoms with Crippen molar-refractivity contribution in [3.05, 3.63) is 54.0 Å². The maximum absolute atomic E-state index is 12.3. The van der Waals surface area contributed by atoms with Crippen molar-refractivity contribution in [3.8, 4) is 11.5 Å². The SMILES string of the molecule is COc1ccc(C2(CNC(=O)/C=C/c3ccco3)CCOCC2)cc1OC. The minimum Gasteiger partial charge on any atom is -0.493 e. The molecule has 1 aromatic heterocycles. The van der Waals surface area contributed by atoms with Crippen LogP contribution in [0, 0.1) is 0 Å². The van der Waals surface area contributed by atoms with E-state index in [1.807, 2.05) is 18.2 Å². The van der Waals surface area contributed by atoms with Gasteiger partial charge in [0.05, 0.1) is 20.5 Å². The molecule has 2 heterocycles. The fourth-order valence-corrected chi connectivity index (χ4v) is 3.35. The van der Waals surface area contributed by atoms with Gasteiger partial charge in [0.2, 0.25) is 5.91 Å². The van der Waals surface area contributed by atoms with Crippen molar-refractivity contribution in [2.24, 2.45) is 0 Å². The molecule has 2 aromatic rings. The van der Waals surface area contributed by atoms with Crippen LogP contribution >= 0.6 is 0 Å². The molecule has 6 nitrogen and oxygen atoms in total. The zero-order chi connectivity index (χ0) is 19.1. The molecule has 1 N–H and O–H groups in total. The first kappa shape index (κ1) is 19.0. The number of hydrogen-bond donors (Lipinski definition) is 1. The summed E-state index contributed by atoms with van der Waals surface area (Å²) in [7, 11) is 3.24. The average molecular weight is 371 g/mol. The Hall–Kier alpha value is -2.73. The van der Waals surface area contributed by atoms with Gasteiger partial charge in [-0.2, -0.15) is 0 Å². The van der Waals surface area contributed by atoms with E-state index in [4.69, 9.17) is 18.6 Å². The lowest BCUT2D eigenvalue weighted by atomic mass is 9.74. The Balaban J connectivity index is 1.76. The Kier molecular flexibility index (Phi) is 6.19. The van der Waals surface area contributed by atoms with E-state index in [-0.39, 0.29) is 11.3 Å². The fourth-order valence-electron chi connectivity index (χ4n) is 3.35. The van der Waals surface area contributed by atoms with Crippen LogP contribution in [0.1, 0.15) is 24.2 Å². The molecular formula is C21H25NO5. The summed E-state index contributed by atoms with van der Waals surface area (Å²) >= 11 is 0. The Morgan fingerprint density at radius 2 is 1.96 bits per heavy atom. The lowest BCUT2D eigenvalue weighted by Crippen LogP contribution is -2.44. The molecule has 1 saturated heterocycles. The maximum Gasteiger partial charge on any atom is 0.244 e. The van der Waals surface area contributed by atoms with Crippen molar-refractivity contribution >= 4 is 12.0 Å². The standard InChI is InChI=1S/C21H25NO5/c1-24-18-7-5-16(14-19(18)25-2)21(9-12-26-13-10-21)15-22-20(23)8-6-17-4-3-11-27-17/h3-8,11,14H,9-10,12-13,15H2,1-2H3,(H,22,23)/b8-6+. The summed E-state index contributed by atoms with van der Waals surface area (Å²) in [6, 6.07) is 9.52. The molecular weight excluding hydrogens is 346 g/mol. The lowest BCUT2D eigenvalue weighted by molar-refractivity contribution is -0.116. The van der Waals surface area contributed by atoms with Crippen LogP contribution in [0.25, 0.3) is 6.08 Å². The quantitative estimate of drug-likeness (QED) is 0.757. The first-order chi connectivity index (χ1) is 13.2. The van der Waals surface area contributed by atoms with Crippen molar-refractivity contribution in [2.75, 3.05) is 34.0 Å². The van der Waals surface area contributed by atoms with Gasteiger partial charge in [0.25, 0.3) is 0 Å². The highest BCUT2D eigenvalue weighted by Gasteiger charge is 2.35. The number of carbonyl (C=O) groups excluding carboxylic acids is 1. The molecule has 144 valence electrons. The monoisotopic (exact) mass is 371 g/mol. The first-order valence-corrected chi connectivity index (χ1v) is 8.96. The molecule has 1 amide bonds. The second-order valence-corrected chi connectivity index (χ2v) is 6.53. The highest BCUT2D eigenvalue weighted by molar-refractivity contribution is 5.91. The number of rotatable bonds is 7. The normalized spacial score (nSPS) is 16.2. The van der Waals surface area contributed by atoms with Gasteiger partial charge in [-0.25, -0.2) is 0 Å². The number of furan rings is 1. The van der Waals surface area contributed by atoms with Gasteiger partial charge >= 0.3 is 0 Å². The van der Waals surface area contributed by atoms with Crippen LogP contribution in [0.2, 0.25) is 0 Å². The van der Waals surface area contributed by atoms with Gasteiger partial charge in [0.15, 0.2) is 11.5 Å². The molecule has 27 heavy (non-hydrogen) atoms. The number of nitrogens with one attached hydrogen (secondary N) is 1. The fraction of sp³-hybridized carbons (Fsp3) is 0.381.